The fraction of sp³-hybridized carbons (Fsp3) is 0. The first-order chi connectivity index (χ1) is 17.2. The predicted octanol–water partition coefficient (Wildman–Crippen LogP) is 6.68. The summed E-state index contributed by atoms with van der Waals surface area (Å²) >= 11 is 6.29. The molecule has 1 heterocycles. The van der Waals surface area contributed by atoms with Gasteiger partial charge >= 0.3 is 0 Å². The van der Waals surface area contributed by atoms with E-state index in [-0.39, 0.29) is 33.3 Å². The molecule has 138 valence electrons. The second-order valence-electron chi connectivity index (χ2n) is 6.16. The van der Waals surface area contributed by atoms with Crippen molar-refractivity contribution < 1.29 is 9.60 Å². The molecule has 0 aliphatic carbocycles. The molecule has 3 nitrogen and oxygen atoms in total. The lowest BCUT2D eigenvalue weighted by Crippen LogP contribution is -1.99. The standard InChI is InChI=1S/C25H16ClN3/c26-25-28-23(21-15-7-6-14-19(21)17-9-2-1-3-10-17)27-24(29-25)22-16-8-12-18-11-4-5-13-20(18)22/h1-16H/i4D,5D,8D,11D,12D,13D,16D. The molecule has 0 saturated heterocycles. The Morgan fingerprint density at radius 2 is 1.28 bits per heavy atom. The molecule has 0 spiro atoms. The normalized spacial score (nSPS) is 14.3. The molecule has 0 fully saturated rings. The van der Waals surface area contributed by atoms with Crippen molar-refractivity contribution in [2.24, 2.45) is 0 Å². The van der Waals surface area contributed by atoms with Gasteiger partial charge in [-0.05, 0) is 33.5 Å². The van der Waals surface area contributed by atoms with Gasteiger partial charge in [-0.2, -0.15) is 9.97 Å². The third-order valence-corrected chi connectivity index (χ3v) is 4.57. The zero-order chi connectivity index (χ0) is 25.7. The number of halogens is 1. The molecule has 5 aromatic rings. The van der Waals surface area contributed by atoms with Gasteiger partial charge in [-0.1, -0.05) is 96.9 Å². The Hall–Kier alpha value is -3.56. The fourth-order valence-corrected chi connectivity index (χ4v) is 3.27. The molecule has 0 atom stereocenters. The van der Waals surface area contributed by atoms with Crippen LogP contribution in [0.5, 0.6) is 0 Å². The quantitative estimate of drug-likeness (QED) is 0.339. The van der Waals surface area contributed by atoms with Gasteiger partial charge in [0.2, 0.25) is 5.28 Å². The van der Waals surface area contributed by atoms with Gasteiger partial charge in [0.15, 0.2) is 11.6 Å². The highest BCUT2D eigenvalue weighted by Gasteiger charge is 2.14. The van der Waals surface area contributed by atoms with Crippen molar-refractivity contribution in [3.63, 3.8) is 0 Å². The summed E-state index contributed by atoms with van der Waals surface area (Å²) in [5.74, 6) is 0.0701. The van der Waals surface area contributed by atoms with Crippen LogP contribution < -0.4 is 0 Å². The minimum Gasteiger partial charge on any atom is -0.208 e. The van der Waals surface area contributed by atoms with Crippen molar-refractivity contribution in [3.05, 3.63) is 102 Å². The van der Waals surface area contributed by atoms with Crippen LogP contribution in [0.15, 0.2) is 96.9 Å². The monoisotopic (exact) mass is 400 g/mol. The van der Waals surface area contributed by atoms with Gasteiger partial charge in [-0.25, -0.2) is 4.98 Å². The third kappa shape index (κ3) is 3.37. The lowest BCUT2D eigenvalue weighted by Gasteiger charge is -2.11. The van der Waals surface area contributed by atoms with E-state index in [4.69, 9.17) is 21.2 Å². The summed E-state index contributed by atoms with van der Waals surface area (Å²) in [7, 11) is 0. The van der Waals surface area contributed by atoms with Gasteiger partial charge < -0.3 is 0 Å². The zero-order valence-corrected chi connectivity index (χ0v) is 15.7. The summed E-state index contributed by atoms with van der Waals surface area (Å²) in [6.07, 6.45) is 0. The van der Waals surface area contributed by atoms with Gasteiger partial charge in [-0.3, -0.25) is 0 Å². The molecule has 0 saturated carbocycles. The lowest BCUT2D eigenvalue weighted by molar-refractivity contribution is 1.07. The number of rotatable bonds is 3. The number of aromatic nitrogens is 3. The summed E-state index contributed by atoms with van der Waals surface area (Å²) < 4.78 is 58.1. The molecule has 0 unspecified atom stereocenters. The van der Waals surface area contributed by atoms with Crippen molar-refractivity contribution in [2.45, 2.75) is 0 Å². The maximum atomic E-state index is 8.57. The van der Waals surface area contributed by atoms with Crippen molar-refractivity contribution in [1.29, 1.82) is 0 Å². The van der Waals surface area contributed by atoms with E-state index in [1.165, 1.54) is 0 Å². The molecule has 0 radical (unpaired) electrons. The summed E-state index contributed by atoms with van der Waals surface area (Å²) in [4.78, 5) is 13.0. The smallest absolute Gasteiger partial charge is 0.208 e. The summed E-state index contributed by atoms with van der Waals surface area (Å²) in [5.41, 5.74) is 2.27. The van der Waals surface area contributed by atoms with E-state index in [0.717, 1.165) is 11.1 Å². The highest BCUT2D eigenvalue weighted by atomic mass is 35.5. The molecule has 0 aliphatic rings. The van der Waals surface area contributed by atoms with E-state index in [1.54, 1.807) is 0 Å². The van der Waals surface area contributed by atoms with E-state index in [2.05, 4.69) is 15.0 Å². The van der Waals surface area contributed by atoms with Crippen LogP contribution in [0.25, 0.3) is 44.7 Å². The maximum Gasteiger partial charge on any atom is 0.226 e. The highest BCUT2D eigenvalue weighted by molar-refractivity contribution is 6.28. The van der Waals surface area contributed by atoms with Gasteiger partial charge in [0.25, 0.3) is 0 Å². The highest BCUT2D eigenvalue weighted by Crippen LogP contribution is 2.32. The topological polar surface area (TPSA) is 38.7 Å². The number of hydrogen-bond acceptors (Lipinski definition) is 3. The molecule has 0 aliphatic heterocycles. The minimum atomic E-state index is -0.532. The molecular formula is C25H16ClN3. The first-order valence-corrected chi connectivity index (χ1v) is 9.15. The molecule has 5 rings (SSSR count). The first kappa shape index (κ1) is 11.4. The Morgan fingerprint density at radius 3 is 2.10 bits per heavy atom. The maximum absolute atomic E-state index is 8.57. The molecular weight excluding hydrogens is 378 g/mol. The van der Waals surface area contributed by atoms with Gasteiger partial charge in [-0.15, -0.1) is 0 Å². The fourth-order valence-electron chi connectivity index (χ4n) is 3.11. The van der Waals surface area contributed by atoms with Crippen molar-refractivity contribution in [3.8, 4) is 33.9 Å². The van der Waals surface area contributed by atoms with E-state index >= 15 is 0 Å². The van der Waals surface area contributed by atoms with Gasteiger partial charge in [0.1, 0.15) is 0 Å². The average molecular weight is 401 g/mol. The van der Waals surface area contributed by atoms with E-state index < -0.39 is 42.3 Å². The second kappa shape index (κ2) is 7.46. The molecule has 0 N–H and O–H groups in total. The largest absolute Gasteiger partial charge is 0.226 e. The van der Waals surface area contributed by atoms with E-state index in [9.17, 15) is 0 Å². The first-order valence-electron chi connectivity index (χ1n) is 12.3. The predicted molar refractivity (Wildman–Crippen MR) is 119 cm³/mol. The van der Waals surface area contributed by atoms with Crippen LogP contribution in [0, 0.1) is 0 Å². The number of nitrogens with zero attached hydrogens (tertiary/aromatic N) is 3. The van der Waals surface area contributed by atoms with Crippen LogP contribution in [0.2, 0.25) is 5.28 Å². The number of benzene rings is 4. The Balaban J connectivity index is 1.85. The zero-order valence-electron chi connectivity index (χ0n) is 21.9. The Morgan fingerprint density at radius 1 is 0.621 bits per heavy atom. The molecule has 4 heteroatoms. The summed E-state index contributed by atoms with van der Waals surface area (Å²) in [6.45, 7) is 0. The summed E-state index contributed by atoms with van der Waals surface area (Å²) in [6, 6.07) is 13.6. The van der Waals surface area contributed by atoms with E-state index in [0.29, 0.717) is 5.56 Å². The van der Waals surface area contributed by atoms with Crippen molar-refractivity contribution in [1.82, 2.24) is 15.0 Å². The molecule has 29 heavy (non-hydrogen) atoms. The molecule has 0 bridgehead atoms. The molecule has 1 aromatic heterocycles. The van der Waals surface area contributed by atoms with Crippen LogP contribution in [0.4, 0.5) is 0 Å². The number of hydrogen-bond donors (Lipinski definition) is 0. The third-order valence-electron chi connectivity index (χ3n) is 4.40. The van der Waals surface area contributed by atoms with Crippen LogP contribution in [-0.4, -0.2) is 15.0 Å². The average Bonchev–Trinajstić information content (AvgIpc) is 2.89. The van der Waals surface area contributed by atoms with Crippen LogP contribution in [-0.2, 0) is 0 Å². The van der Waals surface area contributed by atoms with Crippen molar-refractivity contribution in [2.75, 3.05) is 0 Å². The van der Waals surface area contributed by atoms with E-state index in [1.807, 2.05) is 54.6 Å². The van der Waals surface area contributed by atoms with Crippen LogP contribution >= 0.6 is 11.6 Å². The lowest BCUT2D eigenvalue weighted by atomic mass is 9.99. The molecule has 0 amide bonds. The SMILES string of the molecule is [2H]c1c([2H])c([2H])c2c(-c3nc(Cl)nc(-c4ccccc4-c4ccccc4)n3)c([2H])c([2H])c([2H])c2c1[2H]. The number of fused-ring (bicyclic) bond motifs is 1. The Labute approximate surface area is 183 Å². The van der Waals surface area contributed by atoms with Crippen LogP contribution in [0.3, 0.4) is 0 Å². The van der Waals surface area contributed by atoms with Crippen LogP contribution in [0.1, 0.15) is 9.60 Å². The van der Waals surface area contributed by atoms with Crippen molar-refractivity contribution >= 4 is 22.4 Å². The Kier molecular flexibility index (Phi) is 2.94. The second-order valence-corrected chi connectivity index (χ2v) is 6.50. The molecule has 4 aromatic carbocycles. The minimum absolute atomic E-state index is 0.110. The van der Waals surface area contributed by atoms with Gasteiger partial charge in [0.05, 0.1) is 9.60 Å². The van der Waals surface area contributed by atoms with Gasteiger partial charge in [0, 0.05) is 11.1 Å². The Bertz CT molecular complexity index is 1670. The summed E-state index contributed by atoms with van der Waals surface area (Å²) in [5, 5.41) is -0.482.